The summed E-state index contributed by atoms with van der Waals surface area (Å²) in [7, 11) is 0. The lowest BCUT2D eigenvalue weighted by atomic mass is 9.77. The van der Waals surface area contributed by atoms with Crippen LogP contribution in [0.15, 0.2) is 28.7 Å². The van der Waals surface area contributed by atoms with E-state index in [1.807, 2.05) is 0 Å². The van der Waals surface area contributed by atoms with E-state index in [1.165, 1.54) is 37.7 Å². The van der Waals surface area contributed by atoms with Crippen LogP contribution in [0, 0.1) is 0 Å². The van der Waals surface area contributed by atoms with Gasteiger partial charge in [-0.3, -0.25) is 0 Å². The van der Waals surface area contributed by atoms with E-state index in [9.17, 15) is 0 Å². The van der Waals surface area contributed by atoms with Crippen LogP contribution >= 0.6 is 15.9 Å². The van der Waals surface area contributed by atoms with Crippen molar-refractivity contribution in [3.8, 4) is 0 Å². The molecule has 1 N–H and O–H groups in total. The fraction of sp³-hybridized carbons (Fsp3) is 0.667. The number of hydrogen-bond acceptors (Lipinski definition) is 2. The second-order valence-corrected chi connectivity index (χ2v) is 6.91. The minimum Gasteiger partial charge on any atom is -0.374 e. The van der Waals surface area contributed by atoms with E-state index in [4.69, 9.17) is 4.74 Å². The van der Waals surface area contributed by atoms with Crippen molar-refractivity contribution in [3.05, 3.63) is 34.3 Å². The van der Waals surface area contributed by atoms with Crippen LogP contribution in [0.1, 0.15) is 51.5 Å². The Morgan fingerprint density at radius 3 is 2.38 bits per heavy atom. The maximum Gasteiger partial charge on any atom is 0.0837 e. The molecule has 1 aliphatic rings. The highest BCUT2D eigenvalue weighted by molar-refractivity contribution is 9.10. The van der Waals surface area contributed by atoms with Crippen LogP contribution in [-0.2, 0) is 11.2 Å². The van der Waals surface area contributed by atoms with E-state index < -0.39 is 0 Å². The van der Waals surface area contributed by atoms with Crippen molar-refractivity contribution in [2.24, 2.45) is 0 Å². The van der Waals surface area contributed by atoms with Crippen molar-refractivity contribution in [1.82, 2.24) is 5.32 Å². The van der Waals surface area contributed by atoms with Crippen molar-refractivity contribution >= 4 is 15.9 Å². The van der Waals surface area contributed by atoms with E-state index >= 15 is 0 Å². The van der Waals surface area contributed by atoms with Gasteiger partial charge < -0.3 is 10.1 Å². The summed E-state index contributed by atoms with van der Waals surface area (Å²) in [5.74, 6) is 0. The summed E-state index contributed by atoms with van der Waals surface area (Å²) in [6.07, 6.45) is 7.36. The fourth-order valence-corrected chi connectivity index (χ4v) is 3.84. The highest BCUT2D eigenvalue weighted by atomic mass is 79.9. The van der Waals surface area contributed by atoms with Crippen LogP contribution in [0.3, 0.4) is 0 Å². The van der Waals surface area contributed by atoms with Crippen molar-refractivity contribution in [3.63, 3.8) is 0 Å². The zero-order valence-corrected chi connectivity index (χ0v) is 14.9. The quantitative estimate of drug-likeness (QED) is 0.766. The van der Waals surface area contributed by atoms with Gasteiger partial charge in [-0.2, -0.15) is 0 Å². The number of likely N-dealkylation sites (N-methyl/N-ethyl adjacent to an activating group) is 1. The molecule has 1 aromatic carbocycles. The normalized spacial score (nSPS) is 19.4. The minimum atomic E-state index is 0.0239. The van der Waals surface area contributed by atoms with Gasteiger partial charge in [-0.1, -0.05) is 54.2 Å². The van der Waals surface area contributed by atoms with Crippen LogP contribution < -0.4 is 5.32 Å². The first-order chi connectivity index (χ1) is 10.2. The molecule has 0 amide bonds. The Morgan fingerprint density at radius 1 is 1.14 bits per heavy atom. The molecule has 2 nitrogen and oxygen atoms in total. The van der Waals surface area contributed by atoms with Crippen molar-refractivity contribution in [2.45, 2.75) is 64.0 Å². The zero-order valence-electron chi connectivity index (χ0n) is 13.3. The van der Waals surface area contributed by atoms with E-state index in [1.54, 1.807) is 0 Å². The van der Waals surface area contributed by atoms with E-state index in [-0.39, 0.29) is 5.60 Å². The molecule has 1 aliphatic carbocycles. The predicted molar refractivity (Wildman–Crippen MR) is 92.8 cm³/mol. The lowest BCUT2D eigenvalue weighted by Crippen LogP contribution is -2.54. The summed E-state index contributed by atoms with van der Waals surface area (Å²) < 4.78 is 7.45. The highest BCUT2D eigenvalue weighted by Crippen LogP contribution is 2.36. The summed E-state index contributed by atoms with van der Waals surface area (Å²) in [6, 6.07) is 9.11. The molecule has 0 saturated heterocycles. The van der Waals surface area contributed by atoms with Gasteiger partial charge in [0.15, 0.2) is 0 Å². The Bertz CT molecular complexity index is 406. The third kappa shape index (κ3) is 4.54. The van der Waals surface area contributed by atoms with Gasteiger partial charge in [0, 0.05) is 17.1 Å². The molecule has 1 saturated carbocycles. The fourth-order valence-electron chi connectivity index (χ4n) is 3.58. The van der Waals surface area contributed by atoms with Crippen LogP contribution in [0.25, 0.3) is 0 Å². The first-order valence-corrected chi connectivity index (χ1v) is 9.11. The van der Waals surface area contributed by atoms with Gasteiger partial charge in [0.05, 0.1) is 5.60 Å². The second-order valence-electron chi connectivity index (χ2n) is 6.00. The summed E-state index contributed by atoms with van der Waals surface area (Å²) in [6.45, 7) is 6.12. The molecular formula is C18H28BrNO. The first-order valence-electron chi connectivity index (χ1n) is 8.32. The van der Waals surface area contributed by atoms with Crippen LogP contribution in [-0.4, -0.2) is 24.8 Å². The van der Waals surface area contributed by atoms with Gasteiger partial charge in [-0.25, -0.2) is 0 Å². The van der Waals surface area contributed by atoms with Gasteiger partial charge in [0.1, 0.15) is 0 Å². The molecule has 1 atom stereocenters. The molecule has 0 spiro atoms. The Labute approximate surface area is 137 Å². The average Bonchev–Trinajstić information content (AvgIpc) is 2.50. The van der Waals surface area contributed by atoms with Crippen LogP contribution in [0.2, 0.25) is 0 Å². The molecule has 118 valence electrons. The molecule has 1 fully saturated rings. The molecule has 1 aromatic rings. The van der Waals surface area contributed by atoms with E-state index in [0.717, 1.165) is 24.0 Å². The molecule has 0 heterocycles. The summed E-state index contributed by atoms with van der Waals surface area (Å²) >= 11 is 3.51. The van der Waals surface area contributed by atoms with E-state index in [0.29, 0.717) is 6.04 Å². The maximum absolute atomic E-state index is 6.31. The van der Waals surface area contributed by atoms with Gasteiger partial charge >= 0.3 is 0 Å². The number of hydrogen-bond donors (Lipinski definition) is 1. The van der Waals surface area contributed by atoms with Crippen molar-refractivity contribution in [2.75, 3.05) is 13.2 Å². The average molecular weight is 354 g/mol. The van der Waals surface area contributed by atoms with Gasteiger partial charge in [-0.05, 0) is 50.4 Å². The molecule has 0 aromatic heterocycles. The molecule has 0 bridgehead atoms. The Hall–Kier alpha value is -0.380. The topological polar surface area (TPSA) is 21.3 Å². The molecule has 0 aliphatic heterocycles. The molecule has 21 heavy (non-hydrogen) atoms. The Kier molecular flexibility index (Phi) is 6.72. The third-order valence-electron chi connectivity index (χ3n) is 4.57. The standard InChI is InChI=1S/C18H28BrNO/c1-3-20-17(14-15-8-10-16(19)11-9-15)18(21-4-2)12-6-5-7-13-18/h8-11,17,20H,3-7,12-14H2,1-2H3. The van der Waals surface area contributed by atoms with Crippen LogP contribution in [0.5, 0.6) is 0 Å². The number of halogens is 1. The molecule has 0 radical (unpaired) electrons. The zero-order chi connectivity index (χ0) is 15.1. The lowest BCUT2D eigenvalue weighted by molar-refractivity contribution is -0.0894. The van der Waals surface area contributed by atoms with Crippen LogP contribution in [0.4, 0.5) is 0 Å². The molecular weight excluding hydrogens is 326 g/mol. The number of rotatable bonds is 7. The van der Waals surface area contributed by atoms with Crippen molar-refractivity contribution < 1.29 is 4.74 Å². The van der Waals surface area contributed by atoms with E-state index in [2.05, 4.69) is 59.4 Å². The first kappa shape index (κ1) is 17.0. The number of nitrogens with one attached hydrogen (secondary N) is 1. The predicted octanol–water partition coefficient (Wildman–Crippen LogP) is 4.71. The van der Waals surface area contributed by atoms with Gasteiger partial charge in [0.25, 0.3) is 0 Å². The monoisotopic (exact) mass is 353 g/mol. The molecule has 1 unspecified atom stereocenters. The summed E-state index contributed by atoms with van der Waals surface area (Å²) in [4.78, 5) is 0. The van der Waals surface area contributed by atoms with Crippen molar-refractivity contribution in [1.29, 1.82) is 0 Å². The Morgan fingerprint density at radius 2 is 1.81 bits per heavy atom. The SMILES string of the molecule is CCNC(Cc1ccc(Br)cc1)C1(OCC)CCCCC1. The Balaban J connectivity index is 2.16. The highest BCUT2D eigenvalue weighted by Gasteiger charge is 2.40. The summed E-state index contributed by atoms with van der Waals surface area (Å²) in [5, 5.41) is 3.70. The maximum atomic E-state index is 6.31. The summed E-state index contributed by atoms with van der Waals surface area (Å²) in [5.41, 5.74) is 1.41. The number of ether oxygens (including phenoxy) is 1. The second kappa shape index (κ2) is 8.30. The van der Waals surface area contributed by atoms with Gasteiger partial charge in [-0.15, -0.1) is 0 Å². The third-order valence-corrected chi connectivity index (χ3v) is 5.10. The molecule has 2 rings (SSSR count). The number of benzene rings is 1. The smallest absolute Gasteiger partial charge is 0.0837 e. The largest absolute Gasteiger partial charge is 0.374 e. The minimum absolute atomic E-state index is 0.0239. The van der Waals surface area contributed by atoms with Gasteiger partial charge in [0.2, 0.25) is 0 Å². The molecule has 3 heteroatoms. The lowest BCUT2D eigenvalue weighted by Gasteiger charge is -2.44.